The Morgan fingerprint density at radius 1 is 1.06 bits per heavy atom. The molecule has 0 aliphatic heterocycles. The predicted molar refractivity (Wildman–Crippen MR) is 138 cm³/mol. The molecule has 36 heavy (non-hydrogen) atoms. The summed E-state index contributed by atoms with van der Waals surface area (Å²) in [4.78, 5) is 26.6. The SMILES string of the molecule is CCN(CC)CC(O)CNC(=O)OC1CC[C@@]2(C)C(CC[C@@H]3[C@H]2CC[C@]2(C)C(C(=O)O)CC[C@@]32N)C1. The van der Waals surface area contributed by atoms with Crippen molar-refractivity contribution in [1.82, 2.24) is 10.2 Å². The molecule has 4 unspecified atom stereocenters. The number of aliphatic hydroxyl groups is 1. The average Bonchev–Trinajstić information content (AvgIpc) is 3.12. The smallest absolute Gasteiger partial charge is 0.407 e. The van der Waals surface area contributed by atoms with Crippen LogP contribution >= 0.6 is 0 Å². The van der Waals surface area contributed by atoms with Crippen molar-refractivity contribution < 1.29 is 24.5 Å². The maximum absolute atomic E-state index is 12.5. The van der Waals surface area contributed by atoms with Crippen LogP contribution in [-0.2, 0) is 9.53 Å². The number of hydrogen-bond acceptors (Lipinski definition) is 6. The molecular weight excluding hydrogens is 458 g/mol. The van der Waals surface area contributed by atoms with Gasteiger partial charge in [0.1, 0.15) is 6.10 Å². The Kier molecular flexibility index (Phi) is 8.00. The normalized spacial score (nSPS) is 42.7. The van der Waals surface area contributed by atoms with Crippen LogP contribution in [0.5, 0.6) is 0 Å². The third-order valence-corrected chi connectivity index (χ3v) is 11.4. The number of nitrogens with one attached hydrogen (secondary N) is 1. The minimum atomic E-state index is -0.681. The van der Waals surface area contributed by atoms with Crippen molar-refractivity contribution in [2.45, 2.75) is 103 Å². The summed E-state index contributed by atoms with van der Waals surface area (Å²) in [7, 11) is 0. The first-order valence-corrected chi connectivity index (χ1v) is 14.3. The van der Waals surface area contributed by atoms with E-state index in [4.69, 9.17) is 10.5 Å². The number of aliphatic carboxylic acids is 1. The number of ether oxygens (including phenoxy) is 1. The van der Waals surface area contributed by atoms with Gasteiger partial charge in [0, 0.05) is 18.6 Å². The molecule has 4 saturated carbocycles. The van der Waals surface area contributed by atoms with Crippen LogP contribution in [0.25, 0.3) is 0 Å². The summed E-state index contributed by atoms with van der Waals surface area (Å²) in [6.07, 6.45) is 7.15. The number of carbonyl (C=O) groups is 2. The van der Waals surface area contributed by atoms with Crippen LogP contribution in [0.4, 0.5) is 4.79 Å². The molecule has 4 rings (SSSR count). The second-order valence-electron chi connectivity index (χ2n) is 12.7. The highest BCUT2D eigenvalue weighted by Crippen LogP contribution is 2.68. The topological polar surface area (TPSA) is 125 Å². The van der Waals surface area contributed by atoms with Crippen LogP contribution in [0, 0.1) is 34.5 Å². The summed E-state index contributed by atoms with van der Waals surface area (Å²) in [5.41, 5.74) is 6.64. The number of likely N-dealkylation sites (N-methyl/N-ethyl adjacent to an activating group) is 1. The van der Waals surface area contributed by atoms with Gasteiger partial charge in [-0.1, -0.05) is 27.7 Å². The number of fused-ring (bicyclic) bond motifs is 5. The maximum Gasteiger partial charge on any atom is 0.407 e. The second-order valence-corrected chi connectivity index (χ2v) is 12.7. The van der Waals surface area contributed by atoms with Gasteiger partial charge in [-0.25, -0.2) is 4.79 Å². The first-order chi connectivity index (χ1) is 17.0. The number of amides is 1. The molecule has 0 aromatic carbocycles. The van der Waals surface area contributed by atoms with Crippen molar-refractivity contribution in [3.63, 3.8) is 0 Å². The molecule has 4 fully saturated rings. The monoisotopic (exact) mass is 507 g/mol. The van der Waals surface area contributed by atoms with Gasteiger partial charge in [0.05, 0.1) is 12.0 Å². The quantitative estimate of drug-likeness (QED) is 0.395. The maximum atomic E-state index is 12.5. The van der Waals surface area contributed by atoms with Gasteiger partial charge < -0.3 is 30.9 Å². The fourth-order valence-corrected chi connectivity index (χ4v) is 9.03. The van der Waals surface area contributed by atoms with Crippen LogP contribution in [-0.4, -0.2) is 71.1 Å². The highest BCUT2D eigenvalue weighted by atomic mass is 16.6. The van der Waals surface area contributed by atoms with Crippen molar-refractivity contribution in [2.75, 3.05) is 26.2 Å². The van der Waals surface area contributed by atoms with E-state index in [9.17, 15) is 19.8 Å². The van der Waals surface area contributed by atoms with Gasteiger partial charge in [0.25, 0.3) is 0 Å². The largest absolute Gasteiger partial charge is 0.481 e. The molecule has 0 bridgehead atoms. The van der Waals surface area contributed by atoms with Crippen LogP contribution in [0.2, 0.25) is 0 Å². The van der Waals surface area contributed by atoms with Gasteiger partial charge in [-0.2, -0.15) is 0 Å². The summed E-state index contributed by atoms with van der Waals surface area (Å²) in [5, 5.41) is 22.9. The molecule has 0 aromatic rings. The van der Waals surface area contributed by atoms with E-state index in [-0.39, 0.29) is 29.4 Å². The fourth-order valence-electron chi connectivity index (χ4n) is 9.03. The van der Waals surface area contributed by atoms with E-state index in [1.54, 1.807) is 0 Å². The first kappa shape index (κ1) is 27.6. The molecule has 206 valence electrons. The molecule has 0 spiro atoms. The minimum absolute atomic E-state index is 0.0943. The number of carboxylic acids is 1. The number of aliphatic hydroxyl groups excluding tert-OH is 1. The molecule has 0 saturated heterocycles. The zero-order valence-corrected chi connectivity index (χ0v) is 22.8. The lowest BCUT2D eigenvalue weighted by atomic mass is 9.42. The van der Waals surface area contributed by atoms with E-state index in [1.165, 1.54) is 0 Å². The molecule has 0 heterocycles. The van der Waals surface area contributed by atoms with Gasteiger partial charge in [-0.15, -0.1) is 0 Å². The summed E-state index contributed by atoms with van der Waals surface area (Å²) >= 11 is 0. The number of carboxylic acid groups (broad SMARTS) is 1. The molecule has 8 nitrogen and oxygen atoms in total. The van der Waals surface area contributed by atoms with E-state index in [2.05, 4.69) is 37.9 Å². The molecule has 1 amide bonds. The molecule has 8 heteroatoms. The van der Waals surface area contributed by atoms with E-state index < -0.39 is 23.7 Å². The number of hydrogen-bond donors (Lipinski definition) is 4. The van der Waals surface area contributed by atoms with Crippen molar-refractivity contribution in [3.05, 3.63) is 0 Å². The summed E-state index contributed by atoms with van der Waals surface area (Å²) in [6.45, 7) is 11.1. The van der Waals surface area contributed by atoms with Gasteiger partial charge in [-0.05, 0) is 99.5 Å². The Bertz CT molecular complexity index is 821. The fraction of sp³-hybridized carbons (Fsp3) is 0.929. The predicted octanol–water partition coefficient (Wildman–Crippen LogP) is 3.61. The van der Waals surface area contributed by atoms with Crippen LogP contribution in [0.1, 0.15) is 85.5 Å². The summed E-state index contributed by atoms with van der Waals surface area (Å²) < 4.78 is 5.81. The summed E-state index contributed by atoms with van der Waals surface area (Å²) in [5.74, 6) is 0.354. The summed E-state index contributed by atoms with van der Waals surface area (Å²) in [6, 6.07) is 0. The average molecular weight is 508 g/mol. The molecule has 0 radical (unpaired) electrons. The number of carbonyl (C=O) groups excluding carboxylic acids is 1. The van der Waals surface area contributed by atoms with Crippen LogP contribution in [0.3, 0.4) is 0 Å². The van der Waals surface area contributed by atoms with Crippen molar-refractivity contribution in [2.24, 2.45) is 40.2 Å². The van der Waals surface area contributed by atoms with Crippen LogP contribution in [0.15, 0.2) is 0 Å². The van der Waals surface area contributed by atoms with Gasteiger partial charge in [0.2, 0.25) is 0 Å². The highest BCUT2D eigenvalue weighted by Gasteiger charge is 2.67. The third kappa shape index (κ3) is 4.66. The van der Waals surface area contributed by atoms with Crippen molar-refractivity contribution >= 4 is 12.1 Å². The van der Waals surface area contributed by atoms with Crippen LogP contribution < -0.4 is 11.1 Å². The van der Waals surface area contributed by atoms with E-state index in [1.807, 2.05) is 0 Å². The molecule has 4 aliphatic rings. The van der Waals surface area contributed by atoms with Gasteiger partial charge in [-0.3, -0.25) is 4.79 Å². The number of nitrogens with zero attached hydrogens (tertiary/aromatic N) is 1. The standard InChI is InChI=1S/C28H49N3O5/c1-5-31(6-2)17-19(32)16-30-25(35)36-20-9-12-26(3)18(15-20)7-8-22-21(26)10-13-27(4)23(24(33)34)11-14-28(22,27)29/h18-23,32H,5-17,29H2,1-4H3,(H,30,35)(H,33,34)/t18?,19?,20?,21-,22-,23?,26+,27-,28-/m1/s1. The Balaban J connectivity index is 1.34. The van der Waals surface area contributed by atoms with Gasteiger partial charge >= 0.3 is 12.1 Å². The lowest BCUT2D eigenvalue weighted by Crippen LogP contribution is -2.66. The number of rotatable bonds is 8. The lowest BCUT2D eigenvalue weighted by molar-refractivity contribution is -0.157. The molecule has 5 N–H and O–H groups in total. The second kappa shape index (κ2) is 10.4. The molecule has 0 aromatic heterocycles. The Morgan fingerprint density at radius 2 is 1.78 bits per heavy atom. The highest BCUT2D eigenvalue weighted by molar-refractivity contribution is 5.72. The Hall–Kier alpha value is -1.38. The lowest BCUT2D eigenvalue weighted by Gasteiger charge is -2.64. The molecular formula is C28H49N3O5. The zero-order valence-electron chi connectivity index (χ0n) is 22.8. The van der Waals surface area contributed by atoms with E-state index in [0.717, 1.165) is 64.5 Å². The van der Waals surface area contributed by atoms with Crippen molar-refractivity contribution in [3.8, 4) is 0 Å². The van der Waals surface area contributed by atoms with Gasteiger partial charge in [0.15, 0.2) is 0 Å². The Labute approximate surface area is 216 Å². The van der Waals surface area contributed by atoms with E-state index in [0.29, 0.717) is 30.7 Å². The minimum Gasteiger partial charge on any atom is -0.481 e. The van der Waals surface area contributed by atoms with Crippen molar-refractivity contribution in [1.29, 1.82) is 0 Å². The first-order valence-electron chi connectivity index (χ1n) is 14.3. The molecule has 9 atom stereocenters. The Morgan fingerprint density at radius 3 is 2.44 bits per heavy atom. The third-order valence-electron chi connectivity index (χ3n) is 11.4. The van der Waals surface area contributed by atoms with E-state index >= 15 is 0 Å². The molecule has 4 aliphatic carbocycles. The number of alkyl carbamates (subject to hydrolysis) is 1. The zero-order chi connectivity index (χ0) is 26.3. The number of nitrogens with two attached hydrogens (primary N) is 1.